The molecule has 6 heteroatoms. The summed E-state index contributed by atoms with van der Waals surface area (Å²) >= 11 is 0. The zero-order chi connectivity index (χ0) is 45.8. The van der Waals surface area contributed by atoms with Crippen LogP contribution in [0.5, 0.6) is 0 Å². The molecule has 6 nitrogen and oxygen atoms in total. The Balaban J connectivity index is 4.34. The van der Waals surface area contributed by atoms with Crippen molar-refractivity contribution in [3.8, 4) is 0 Å². The van der Waals surface area contributed by atoms with Gasteiger partial charge in [0.05, 0.1) is 0 Å². The minimum atomic E-state index is -0.777. The van der Waals surface area contributed by atoms with Gasteiger partial charge in [0.1, 0.15) is 13.2 Å². The normalized spacial score (nSPS) is 12.4. The predicted octanol–water partition coefficient (Wildman–Crippen LogP) is 17.9. The lowest BCUT2D eigenvalue weighted by Crippen LogP contribution is -2.30. The molecule has 0 fully saturated rings. The summed E-state index contributed by atoms with van der Waals surface area (Å²) in [6.07, 6.45) is 62.4. The molecule has 0 N–H and O–H groups in total. The second kappa shape index (κ2) is 52.0. The van der Waals surface area contributed by atoms with Crippen molar-refractivity contribution in [2.45, 2.75) is 284 Å². The molecule has 0 aromatic carbocycles. The summed E-state index contributed by atoms with van der Waals surface area (Å²) in [5, 5.41) is 0. The maximum absolute atomic E-state index is 12.8. The average Bonchev–Trinajstić information content (AvgIpc) is 3.28. The van der Waals surface area contributed by atoms with E-state index in [9.17, 15) is 14.4 Å². The summed E-state index contributed by atoms with van der Waals surface area (Å²) in [6.45, 7) is 6.44. The summed E-state index contributed by atoms with van der Waals surface area (Å²) in [5.41, 5.74) is 0. The van der Waals surface area contributed by atoms with Crippen molar-refractivity contribution in [2.75, 3.05) is 13.2 Å². The number of allylic oxidation sites excluding steroid dienone is 8. The molecule has 0 radical (unpaired) electrons. The van der Waals surface area contributed by atoms with Gasteiger partial charge in [-0.15, -0.1) is 0 Å². The Kier molecular flexibility index (Phi) is 49.8. The zero-order valence-corrected chi connectivity index (χ0v) is 41.8. The van der Waals surface area contributed by atoms with Crippen molar-refractivity contribution >= 4 is 17.9 Å². The maximum Gasteiger partial charge on any atom is 0.306 e. The zero-order valence-electron chi connectivity index (χ0n) is 41.8. The molecule has 63 heavy (non-hydrogen) atoms. The highest BCUT2D eigenvalue weighted by Crippen LogP contribution is 2.16. The molecule has 0 amide bonds. The molecule has 0 spiro atoms. The van der Waals surface area contributed by atoms with Gasteiger partial charge in [0, 0.05) is 19.3 Å². The number of hydrogen-bond acceptors (Lipinski definition) is 6. The van der Waals surface area contributed by atoms with Gasteiger partial charge < -0.3 is 14.2 Å². The van der Waals surface area contributed by atoms with E-state index < -0.39 is 6.10 Å². The number of esters is 3. The van der Waals surface area contributed by atoms with Gasteiger partial charge in [0.2, 0.25) is 0 Å². The van der Waals surface area contributed by atoms with Crippen LogP contribution in [-0.4, -0.2) is 37.2 Å². The standard InChI is InChI=1S/C57H102O6/c1-4-7-10-13-16-19-22-25-28-29-30-33-35-38-41-44-47-50-56(59)62-53-54(63-57(60)51-48-45-42-39-36-32-27-24-21-18-15-12-9-6-3)52-61-55(58)49-46-43-40-37-34-31-26-23-20-17-14-11-8-5-2/h8-9,11-12,17-18,20-21,54H,4-7,10,13-16,19,22-53H2,1-3H3/b11-8-,12-9-,20-17-,21-18-. The molecule has 0 saturated carbocycles. The van der Waals surface area contributed by atoms with Gasteiger partial charge in [-0.1, -0.05) is 236 Å². The van der Waals surface area contributed by atoms with Gasteiger partial charge in [-0.3, -0.25) is 14.4 Å². The lowest BCUT2D eigenvalue weighted by Gasteiger charge is -2.18. The summed E-state index contributed by atoms with van der Waals surface area (Å²) in [5.74, 6) is -0.882. The first kappa shape index (κ1) is 60.4. The molecule has 0 bridgehead atoms. The number of hydrogen-bond donors (Lipinski definition) is 0. The second-order valence-corrected chi connectivity index (χ2v) is 18.1. The Morgan fingerprint density at radius 3 is 0.952 bits per heavy atom. The highest BCUT2D eigenvalue weighted by atomic mass is 16.6. The van der Waals surface area contributed by atoms with Gasteiger partial charge in [0.25, 0.3) is 0 Å². The van der Waals surface area contributed by atoms with Crippen LogP contribution in [-0.2, 0) is 28.6 Å². The summed E-state index contributed by atoms with van der Waals surface area (Å²) in [4.78, 5) is 38.0. The van der Waals surface area contributed by atoms with Crippen molar-refractivity contribution < 1.29 is 28.6 Å². The molecule has 366 valence electrons. The molecule has 0 rings (SSSR count). The van der Waals surface area contributed by atoms with Gasteiger partial charge in [0.15, 0.2) is 6.10 Å². The number of rotatable bonds is 49. The topological polar surface area (TPSA) is 78.9 Å². The van der Waals surface area contributed by atoms with Gasteiger partial charge >= 0.3 is 17.9 Å². The maximum atomic E-state index is 12.8. The second-order valence-electron chi connectivity index (χ2n) is 18.1. The molecule has 0 heterocycles. The van der Waals surface area contributed by atoms with Crippen molar-refractivity contribution in [1.29, 1.82) is 0 Å². The van der Waals surface area contributed by atoms with E-state index in [4.69, 9.17) is 14.2 Å². The molecule has 0 aliphatic heterocycles. The van der Waals surface area contributed by atoms with Crippen LogP contribution in [0, 0.1) is 0 Å². The Labute approximate surface area is 390 Å². The lowest BCUT2D eigenvalue weighted by atomic mass is 10.0. The van der Waals surface area contributed by atoms with E-state index in [-0.39, 0.29) is 31.1 Å². The number of ether oxygens (including phenoxy) is 3. The summed E-state index contributed by atoms with van der Waals surface area (Å²) in [6, 6.07) is 0. The first-order chi connectivity index (χ1) is 31.0. The fraction of sp³-hybridized carbons (Fsp3) is 0.807. The quantitative estimate of drug-likeness (QED) is 0.0262. The molecule has 0 saturated heterocycles. The van der Waals surface area contributed by atoms with Crippen LogP contribution in [0.4, 0.5) is 0 Å². The Morgan fingerprint density at radius 1 is 0.333 bits per heavy atom. The SMILES string of the molecule is CC/C=C\C/C=C\CCCCCCCCCC(=O)OCC(COC(=O)CCCCCCCCCCCCCCCCCCC)OC(=O)CCCCCCCCC/C=C\C/C=C\CC. The Morgan fingerprint density at radius 2 is 0.619 bits per heavy atom. The molecular formula is C57H102O6. The van der Waals surface area contributed by atoms with E-state index in [1.807, 2.05) is 0 Å². The van der Waals surface area contributed by atoms with E-state index in [1.165, 1.54) is 141 Å². The van der Waals surface area contributed by atoms with Crippen LogP contribution >= 0.6 is 0 Å². The molecule has 0 aliphatic rings. The molecule has 0 aliphatic carbocycles. The number of carbonyl (C=O) groups excluding carboxylic acids is 3. The van der Waals surface area contributed by atoms with Crippen molar-refractivity contribution in [1.82, 2.24) is 0 Å². The summed E-state index contributed by atoms with van der Waals surface area (Å²) < 4.78 is 16.8. The van der Waals surface area contributed by atoms with Crippen molar-refractivity contribution in [2.24, 2.45) is 0 Å². The molecule has 1 atom stereocenters. The van der Waals surface area contributed by atoms with Crippen LogP contribution < -0.4 is 0 Å². The Hall–Kier alpha value is -2.63. The van der Waals surface area contributed by atoms with Crippen LogP contribution in [0.3, 0.4) is 0 Å². The minimum Gasteiger partial charge on any atom is -0.462 e. The third-order valence-corrected chi connectivity index (χ3v) is 11.8. The van der Waals surface area contributed by atoms with Gasteiger partial charge in [-0.25, -0.2) is 0 Å². The number of carbonyl (C=O) groups is 3. The van der Waals surface area contributed by atoms with Crippen LogP contribution in [0.25, 0.3) is 0 Å². The van der Waals surface area contributed by atoms with Crippen molar-refractivity contribution in [3.05, 3.63) is 48.6 Å². The van der Waals surface area contributed by atoms with E-state index >= 15 is 0 Å². The largest absolute Gasteiger partial charge is 0.462 e. The van der Waals surface area contributed by atoms with Gasteiger partial charge in [-0.05, 0) is 70.6 Å². The third kappa shape index (κ3) is 50.2. The van der Waals surface area contributed by atoms with Crippen LogP contribution in [0.1, 0.15) is 278 Å². The smallest absolute Gasteiger partial charge is 0.306 e. The highest BCUT2D eigenvalue weighted by Gasteiger charge is 2.19. The molecule has 0 aromatic rings. The van der Waals surface area contributed by atoms with E-state index in [1.54, 1.807) is 0 Å². The van der Waals surface area contributed by atoms with Crippen LogP contribution in [0.15, 0.2) is 48.6 Å². The van der Waals surface area contributed by atoms with Crippen LogP contribution in [0.2, 0.25) is 0 Å². The molecule has 1 unspecified atom stereocenters. The minimum absolute atomic E-state index is 0.0763. The van der Waals surface area contributed by atoms with Crippen molar-refractivity contribution in [3.63, 3.8) is 0 Å². The summed E-state index contributed by atoms with van der Waals surface area (Å²) in [7, 11) is 0. The fourth-order valence-corrected chi connectivity index (χ4v) is 7.81. The van der Waals surface area contributed by atoms with E-state index in [0.29, 0.717) is 19.3 Å². The number of unbranched alkanes of at least 4 members (excludes halogenated alkanes) is 30. The Bertz CT molecular complexity index is 1110. The lowest BCUT2D eigenvalue weighted by molar-refractivity contribution is -0.167. The monoisotopic (exact) mass is 883 g/mol. The first-order valence-corrected chi connectivity index (χ1v) is 27.1. The molecule has 0 aromatic heterocycles. The molecular weight excluding hydrogens is 781 g/mol. The highest BCUT2D eigenvalue weighted by molar-refractivity contribution is 5.71. The fourth-order valence-electron chi connectivity index (χ4n) is 7.81. The van der Waals surface area contributed by atoms with E-state index in [0.717, 1.165) is 96.3 Å². The average molecular weight is 883 g/mol. The predicted molar refractivity (Wildman–Crippen MR) is 270 cm³/mol. The van der Waals surface area contributed by atoms with Gasteiger partial charge in [-0.2, -0.15) is 0 Å². The van der Waals surface area contributed by atoms with E-state index in [2.05, 4.69) is 69.4 Å². The first-order valence-electron chi connectivity index (χ1n) is 27.1. The third-order valence-electron chi connectivity index (χ3n) is 11.8.